The SMILES string of the molecule is C=Cc1cc(-c2ccc(OCC3CCN(CC(C)(C)C(F)(F)F)CC3)cn2)ccc1C(=O)N1CCC[C@H]1C(N)=O. The first-order chi connectivity index (χ1) is 18.9. The van der Waals surface area contributed by atoms with Crippen molar-refractivity contribution in [3.63, 3.8) is 0 Å². The lowest BCUT2D eigenvalue weighted by molar-refractivity contribution is -0.217. The van der Waals surface area contributed by atoms with E-state index in [1.165, 1.54) is 18.7 Å². The molecule has 0 bridgehead atoms. The van der Waals surface area contributed by atoms with Crippen molar-refractivity contribution in [3.05, 3.63) is 54.2 Å². The van der Waals surface area contributed by atoms with Crippen molar-refractivity contribution in [2.24, 2.45) is 17.1 Å². The number of pyridine rings is 1. The molecule has 1 aromatic carbocycles. The van der Waals surface area contributed by atoms with Gasteiger partial charge in [-0.2, -0.15) is 13.2 Å². The van der Waals surface area contributed by atoms with Gasteiger partial charge in [-0.15, -0.1) is 0 Å². The summed E-state index contributed by atoms with van der Waals surface area (Å²) in [6, 6.07) is 8.45. The van der Waals surface area contributed by atoms with Crippen LogP contribution < -0.4 is 10.5 Å². The summed E-state index contributed by atoms with van der Waals surface area (Å²) in [5.74, 6) is 0.153. The zero-order valence-corrected chi connectivity index (χ0v) is 23.0. The van der Waals surface area contributed by atoms with Gasteiger partial charge in [0.05, 0.1) is 23.9 Å². The second kappa shape index (κ2) is 12.0. The van der Waals surface area contributed by atoms with E-state index in [9.17, 15) is 22.8 Å². The van der Waals surface area contributed by atoms with Crippen LogP contribution in [0, 0.1) is 11.3 Å². The second-order valence-corrected chi connectivity index (χ2v) is 11.4. The number of benzene rings is 1. The molecular weight excluding hydrogens is 521 g/mol. The van der Waals surface area contributed by atoms with Crippen LogP contribution in [0.25, 0.3) is 17.3 Å². The molecule has 2 aliphatic heterocycles. The van der Waals surface area contributed by atoms with Gasteiger partial charge in [-0.25, -0.2) is 0 Å². The molecule has 2 fully saturated rings. The maximum Gasteiger partial charge on any atom is 0.395 e. The van der Waals surface area contributed by atoms with E-state index in [1.54, 1.807) is 18.3 Å². The van der Waals surface area contributed by atoms with Gasteiger partial charge in [0.25, 0.3) is 5.91 Å². The maximum absolute atomic E-state index is 13.2. The molecule has 216 valence electrons. The Morgan fingerprint density at radius 1 is 1.12 bits per heavy atom. The molecule has 10 heteroatoms. The first-order valence-electron chi connectivity index (χ1n) is 13.6. The maximum atomic E-state index is 13.2. The number of aromatic nitrogens is 1. The van der Waals surface area contributed by atoms with E-state index in [1.807, 2.05) is 29.2 Å². The Morgan fingerprint density at radius 3 is 2.45 bits per heavy atom. The molecule has 7 nitrogen and oxygen atoms in total. The van der Waals surface area contributed by atoms with E-state index in [4.69, 9.17) is 10.5 Å². The number of nitrogens with zero attached hydrogens (tertiary/aromatic N) is 3. The summed E-state index contributed by atoms with van der Waals surface area (Å²) in [7, 11) is 0. The van der Waals surface area contributed by atoms with Crippen LogP contribution in [0.1, 0.15) is 55.5 Å². The van der Waals surface area contributed by atoms with Crippen molar-refractivity contribution in [3.8, 4) is 17.0 Å². The fourth-order valence-electron chi connectivity index (χ4n) is 5.36. The number of alkyl halides is 3. The molecule has 2 aliphatic rings. The summed E-state index contributed by atoms with van der Waals surface area (Å²) in [6.07, 6.45) is 1.91. The van der Waals surface area contributed by atoms with Gasteiger partial charge in [0.15, 0.2) is 0 Å². The molecular formula is C30H37F3N4O3. The van der Waals surface area contributed by atoms with E-state index in [2.05, 4.69) is 11.6 Å². The Labute approximate surface area is 233 Å². The quantitative estimate of drug-likeness (QED) is 0.459. The number of primary amides is 1. The number of hydrogen-bond donors (Lipinski definition) is 1. The molecule has 0 radical (unpaired) electrons. The zero-order valence-electron chi connectivity index (χ0n) is 23.0. The monoisotopic (exact) mass is 558 g/mol. The minimum Gasteiger partial charge on any atom is -0.492 e. The standard InChI is InChI=1S/C30H37F3N4O3/c1-4-21-16-22(7-9-24(21)28(39)37-13-5-6-26(37)27(34)38)25-10-8-23(17-35-25)40-18-20-11-14-36(15-12-20)19-29(2,3)30(31,32)33/h4,7-10,16-17,20,26H,1,5-6,11-15,18-19H2,2-3H3,(H2,34,38)/t26-/m0/s1. The largest absolute Gasteiger partial charge is 0.492 e. The molecule has 40 heavy (non-hydrogen) atoms. The van der Waals surface area contributed by atoms with Gasteiger partial charge >= 0.3 is 6.18 Å². The summed E-state index contributed by atoms with van der Waals surface area (Å²) >= 11 is 0. The normalized spacial score (nSPS) is 19.0. The Bertz CT molecular complexity index is 1220. The van der Waals surface area contributed by atoms with Crippen LogP contribution in [0.2, 0.25) is 0 Å². The number of hydrogen-bond acceptors (Lipinski definition) is 5. The van der Waals surface area contributed by atoms with Crippen LogP contribution >= 0.6 is 0 Å². The van der Waals surface area contributed by atoms with Crippen molar-refractivity contribution in [1.82, 2.24) is 14.8 Å². The molecule has 1 aromatic heterocycles. The smallest absolute Gasteiger partial charge is 0.395 e. The van der Waals surface area contributed by atoms with E-state index in [0.717, 1.165) is 24.8 Å². The van der Waals surface area contributed by atoms with Crippen molar-refractivity contribution in [2.45, 2.75) is 51.7 Å². The number of carbonyl (C=O) groups excluding carboxylic acids is 2. The number of nitrogens with two attached hydrogens (primary N) is 1. The molecule has 3 heterocycles. The third-order valence-electron chi connectivity index (χ3n) is 7.96. The van der Waals surface area contributed by atoms with Gasteiger partial charge < -0.3 is 20.3 Å². The highest BCUT2D eigenvalue weighted by molar-refractivity contribution is 6.01. The lowest BCUT2D eigenvalue weighted by Gasteiger charge is -2.38. The minimum atomic E-state index is -4.22. The average molecular weight is 559 g/mol. The van der Waals surface area contributed by atoms with Crippen LogP contribution in [0.5, 0.6) is 5.75 Å². The summed E-state index contributed by atoms with van der Waals surface area (Å²) in [5.41, 5.74) is 6.36. The first kappa shape index (κ1) is 29.6. The predicted octanol–water partition coefficient (Wildman–Crippen LogP) is 5.16. The van der Waals surface area contributed by atoms with Crippen LogP contribution in [-0.2, 0) is 4.79 Å². The van der Waals surface area contributed by atoms with Crippen LogP contribution in [-0.4, -0.2) is 71.6 Å². The molecule has 0 aliphatic carbocycles. The molecule has 2 saturated heterocycles. The Balaban J connectivity index is 1.32. The van der Waals surface area contributed by atoms with Crippen LogP contribution in [0.3, 0.4) is 0 Å². The van der Waals surface area contributed by atoms with Gasteiger partial charge in [-0.05, 0) is 88.4 Å². The van der Waals surface area contributed by atoms with Crippen molar-refractivity contribution in [2.75, 3.05) is 32.8 Å². The summed E-state index contributed by atoms with van der Waals surface area (Å²) < 4.78 is 45.6. The highest BCUT2D eigenvalue weighted by Crippen LogP contribution is 2.38. The molecule has 0 saturated carbocycles. The van der Waals surface area contributed by atoms with E-state index in [0.29, 0.717) is 55.2 Å². The Hall–Kier alpha value is -3.40. The van der Waals surface area contributed by atoms with E-state index in [-0.39, 0.29) is 18.4 Å². The molecule has 2 N–H and O–H groups in total. The predicted molar refractivity (Wildman–Crippen MR) is 148 cm³/mol. The van der Waals surface area contributed by atoms with Crippen molar-refractivity contribution in [1.29, 1.82) is 0 Å². The fraction of sp³-hybridized carbons (Fsp3) is 0.500. The number of rotatable bonds is 9. The van der Waals surface area contributed by atoms with E-state index < -0.39 is 23.5 Å². The molecule has 1 atom stereocenters. The topological polar surface area (TPSA) is 88.8 Å². The van der Waals surface area contributed by atoms with Gasteiger partial charge in [-0.1, -0.05) is 18.7 Å². The second-order valence-electron chi connectivity index (χ2n) is 11.4. The molecule has 2 amide bonds. The average Bonchev–Trinajstić information content (AvgIpc) is 3.42. The molecule has 4 rings (SSSR count). The number of piperidine rings is 1. The van der Waals surface area contributed by atoms with Crippen molar-refractivity contribution >= 4 is 17.9 Å². The van der Waals surface area contributed by atoms with Gasteiger partial charge in [-0.3, -0.25) is 14.6 Å². The molecule has 0 spiro atoms. The van der Waals surface area contributed by atoms with Gasteiger partial charge in [0.2, 0.25) is 5.91 Å². The minimum absolute atomic E-state index is 0.00428. The first-order valence-corrected chi connectivity index (χ1v) is 13.6. The summed E-state index contributed by atoms with van der Waals surface area (Å²) in [4.78, 5) is 32.8. The highest BCUT2D eigenvalue weighted by atomic mass is 19.4. The van der Waals surface area contributed by atoms with Crippen LogP contribution in [0.15, 0.2) is 43.1 Å². The number of likely N-dealkylation sites (tertiary alicyclic amines) is 2. The highest BCUT2D eigenvalue weighted by Gasteiger charge is 2.48. The zero-order chi connectivity index (χ0) is 29.1. The van der Waals surface area contributed by atoms with Crippen molar-refractivity contribution < 1.29 is 27.5 Å². The van der Waals surface area contributed by atoms with Gasteiger partial charge in [0, 0.05) is 24.2 Å². The molecule has 2 aromatic rings. The van der Waals surface area contributed by atoms with E-state index >= 15 is 0 Å². The Morgan fingerprint density at radius 2 is 1.85 bits per heavy atom. The molecule has 0 unspecified atom stereocenters. The fourth-order valence-corrected chi connectivity index (χ4v) is 5.36. The Kier molecular flexibility index (Phi) is 8.87. The van der Waals surface area contributed by atoms with Crippen LogP contribution in [0.4, 0.5) is 13.2 Å². The number of carbonyl (C=O) groups is 2. The van der Waals surface area contributed by atoms with Gasteiger partial charge in [0.1, 0.15) is 11.8 Å². The third kappa shape index (κ3) is 6.66. The third-order valence-corrected chi connectivity index (χ3v) is 7.96. The number of amides is 2. The lowest BCUT2D eigenvalue weighted by atomic mass is 9.89. The summed E-state index contributed by atoms with van der Waals surface area (Å²) in [5, 5.41) is 0. The summed E-state index contributed by atoms with van der Waals surface area (Å²) in [6.45, 7) is 8.57. The lowest BCUT2D eigenvalue weighted by Crippen LogP contribution is -2.46. The number of ether oxygens (including phenoxy) is 1. The number of halogens is 3.